The van der Waals surface area contributed by atoms with E-state index in [0.29, 0.717) is 10.8 Å². The van der Waals surface area contributed by atoms with E-state index in [-0.39, 0.29) is 5.82 Å². The molecule has 102 valence electrons. The van der Waals surface area contributed by atoms with Crippen LogP contribution in [0.25, 0.3) is 10.2 Å². The Hall–Kier alpha value is -2.14. The minimum atomic E-state index is -0.276. The van der Waals surface area contributed by atoms with Crippen molar-refractivity contribution in [1.82, 2.24) is 4.98 Å². The monoisotopic (exact) mass is 288 g/mol. The van der Waals surface area contributed by atoms with Crippen LogP contribution in [0.1, 0.15) is 5.56 Å². The summed E-state index contributed by atoms with van der Waals surface area (Å²) in [5.41, 5.74) is 2.19. The number of methoxy groups -OCH3 is 1. The average molecular weight is 288 g/mol. The quantitative estimate of drug-likeness (QED) is 0.770. The Kier molecular flexibility index (Phi) is 3.28. The van der Waals surface area contributed by atoms with Gasteiger partial charge in [0, 0.05) is 0 Å². The Morgan fingerprint density at radius 3 is 2.80 bits per heavy atom. The van der Waals surface area contributed by atoms with E-state index in [9.17, 15) is 4.39 Å². The second-order valence-electron chi connectivity index (χ2n) is 4.46. The number of aryl methyl sites for hydroxylation is 1. The van der Waals surface area contributed by atoms with E-state index < -0.39 is 0 Å². The third-order valence-corrected chi connectivity index (χ3v) is 3.90. The molecule has 0 saturated heterocycles. The zero-order chi connectivity index (χ0) is 14.1. The van der Waals surface area contributed by atoms with Gasteiger partial charge in [0.1, 0.15) is 11.6 Å². The third kappa shape index (κ3) is 2.44. The molecule has 0 unspecified atom stereocenters. The van der Waals surface area contributed by atoms with Crippen molar-refractivity contribution >= 4 is 32.4 Å². The normalized spacial score (nSPS) is 10.8. The zero-order valence-electron chi connectivity index (χ0n) is 11.1. The summed E-state index contributed by atoms with van der Waals surface area (Å²) in [5, 5.41) is 3.68. The Morgan fingerprint density at radius 1 is 1.20 bits per heavy atom. The molecule has 0 fully saturated rings. The van der Waals surface area contributed by atoms with Crippen molar-refractivity contribution in [2.24, 2.45) is 0 Å². The van der Waals surface area contributed by atoms with Gasteiger partial charge in [-0.1, -0.05) is 17.4 Å². The van der Waals surface area contributed by atoms with Gasteiger partial charge < -0.3 is 10.1 Å². The lowest BCUT2D eigenvalue weighted by Gasteiger charge is -2.04. The molecular weight excluding hydrogens is 275 g/mol. The molecule has 0 amide bonds. The highest BCUT2D eigenvalue weighted by atomic mass is 32.1. The van der Waals surface area contributed by atoms with Gasteiger partial charge in [0.25, 0.3) is 0 Å². The van der Waals surface area contributed by atoms with E-state index >= 15 is 0 Å². The molecule has 0 bridgehead atoms. The lowest BCUT2D eigenvalue weighted by atomic mass is 10.2. The minimum absolute atomic E-state index is 0.276. The number of halogens is 1. The van der Waals surface area contributed by atoms with E-state index in [1.807, 2.05) is 31.2 Å². The van der Waals surface area contributed by atoms with Gasteiger partial charge in [0.15, 0.2) is 5.13 Å². The molecule has 1 heterocycles. The number of nitrogens with zero attached hydrogens (tertiary/aromatic N) is 1. The molecule has 3 rings (SSSR count). The van der Waals surface area contributed by atoms with Gasteiger partial charge in [-0.15, -0.1) is 0 Å². The average Bonchev–Trinajstić information content (AvgIpc) is 2.83. The Balaban J connectivity index is 1.94. The number of benzene rings is 2. The van der Waals surface area contributed by atoms with Gasteiger partial charge in [-0.25, -0.2) is 9.37 Å². The second kappa shape index (κ2) is 5.09. The predicted molar refractivity (Wildman–Crippen MR) is 80.6 cm³/mol. The Bertz CT molecular complexity index is 770. The van der Waals surface area contributed by atoms with Crippen molar-refractivity contribution in [3.05, 3.63) is 47.8 Å². The summed E-state index contributed by atoms with van der Waals surface area (Å²) in [6.45, 7) is 1.86. The fourth-order valence-corrected chi connectivity index (χ4v) is 2.83. The maximum atomic E-state index is 13.8. The summed E-state index contributed by atoms with van der Waals surface area (Å²) in [5.74, 6) is 0.510. The molecule has 3 nitrogen and oxygen atoms in total. The Labute approximate surface area is 120 Å². The van der Waals surface area contributed by atoms with Crippen molar-refractivity contribution in [3.8, 4) is 5.75 Å². The molecule has 0 aliphatic rings. The number of hydrogen-bond donors (Lipinski definition) is 1. The summed E-state index contributed by atoms with van der Waals surface area (Å²) in [6, 6.07) is 10.8. The van der Waals surface area contributed by atoms with Crippen molar-refractivity contribution < 1.29 is 9.13 Å². The van der Waals surface area contributed by atoms with Crippen molar-refractivity contribution in [2.45, 2.75) is 6.92 Å². The first-order valence-corrected chi connectivity index (χ1v) is 6.95. The van der Waals surface area contributed by atoms with Crippen molar-refractivity contribution in [3.63, 3.8) is 0 Å². The molecule has 0 aliphatic heterocycles. The van der Waals surface area contributed by atoms with E-state index in [1.165, 1.54) is 17.4 Å². The van der Waals surface area contributed by atoms with E-state index in [4.69, 9.17) is 4.74 Å². The topological polar surface area (TPSA) is 34.1 Å². The number of rotatable bonds is 3. The van der Waals surface area contributed by atoms with Crippen LogP contribution in [0.5, 0.6) is 5.75 Å². The molecule has 0 spiro atoms. The summed E-state index contributed by atoms with van der Waals surface area (Å²) in [4.78, 5) is 4.43. The van der Waals surface area contributed by atoms with Gasteiger partial charge >= 0.3 is 0 Å². The molecule has 20 heavy (non-hydrogen) atoms. The van der Waals surface area contributed by atoms with Gasteiger partial charge in [-0.3, -0.25) is 0 Å². The first-order chi connectivity index (χ1) is 9.65. The number of anilines is 2. The van der Waals surface area contributed by atoms with Crippen LogP contribution < -0.4 is 10.1 Å². The van der Waals surface area contributed by atoms with Crippen LogP contribution >= 0.6 is 11.3 Å². The van der Waals surface area contributed by atoms with Crippen LogP contribution in [0, 0.1) is 12.7 Å². The van der Waals surface area contributed by atoms with Crippen LogP contribution in [0.3, 0.4) is 0 Å². The fraction of sp³-hybridized carbons (Fsp3) is 0.133. The van der Waals surface area contributed by atoms with E-state index in [0.717, 1.165) is 21.5 Å². The van der Waals surface area contributed by atoms with E-state index in [2.05, 4.69) is 10.3 Å². The standard InChI is InChI=1S/C15H13FN2OS/c1-9-3-5-12(11(16)7-9)17-15-18-13-6-4-10(19-2)8-14(13)20-15/h3-8H,1-2H3,(H,17,18). The maximum absolute atomic E-state index is 13.8. The smallest absolute Gasteiger partial charge is 0.188 e. The summed E-state index contributed by atoms with van der Waals surface area (Å²) in [7, 11) is 1.63. The van der Waals surface area contributed by atoms with Crippen LogP contribution in [0.2, 0.25) is 0 Å². The highest BCUT2D eigenvalue weighted by molar-refractivity contribution is 7.22. The highest BCUT2D eigenvalue weighted by Gasteiger charge is 2.08. The lowest BCUT2D eigenvalue weighted by molar-refractivity contribution is 0.415. The first-order valence-electron chi connectivity index (χ1n) is 6.13. The summed E-state index contributed by atoms with van der Waals surface area (Å²) in [6.07, 6.45) is 0. The molecule has 0 atom stereocenters. The van der Waals surface area contributed by atoms with Crippen LogP contribution in [0.4, 0.5) is 15.2 Å². The molecule has 0 radical (unpaired) electrons. The molecule has 3 aromatic rings. The number of nitrogens with one attached hydrogen (secondary N) is 1. The maximum Gasteiger partial charge on any atom is 0.188 e. The highest BCUT2D eigenvalue weighted by Crippen LogP contribution is 2.31. The van der Waals surface area contributed by atoms with E-state index in [1.54, 1.807) is 13.2 Å². The molecular formula is C15H13FN2OS. The second-order valence-corrected chi connectivity index (χ2v) is 5.49. The largest absolute Gasteiger partial charge is 0.497 e. The number of fused-ring (bicyclic) bond motifs is 1. The van der Waals surface area contributed by atoms with Gasteiger partial charge in [-0.05, 0) is 42.8 Å². The van der Waals surface area contributed by atoms with Crippen molar-refractivity contribution in [2.75, 3.05) is 12.4 Å². The number of hydrogen-bond acceptors (Lipinski definition) is 4. The van der Waals surface area contributed by atoms with Crippen LogP contribution in [-0.2, 0) is 0 Å². The molecule has 0 saturated carbocycles. The zero-order valence-corrected chi connectivity index (χ0v) is 11.9. The summed E-state index contributed by atoms with van der Waals surface area (Å²) >= 11 is 1.47. The minimum Gasteiger partial charge on any atom is -0.497 e. The van der Waals surface area contributed by atoms with Gasteiger partial charge in [0.05, 0.1) is 23.0 Å². The van der Waals surface area contributed by atoms with Gasteiger partial charge in [-0.2, -0.15) is 0 Å². The fourth-order valence-electron chi connectivity index (χ4n) is 1.92. The SMILES string of the molecule is COc1ccc2nc(Nc3ccc(C)cc3F)sc2c1. The summed E-state index contributed by atoms with van der Waals surface area (Å²) < 4.78 is 20.0. The van der Waals surface area contributed by atoms with Gasteiger partial charge in [0.2, 0.25) is 0 Å². The molecule has 1 aromatic heterocycles. The first kappa shape index (κ1) is 12.9. The Morgan fingerprint density at radius 2 is 2.05 bits per heavy atom. The number of ether oxygens (including phenoxy) is 1. The number of thiazole rings is 1. The molecule has 0 aliphatic carbocycles. The predicted octanol–water partition coefficient (Wildman–Crippen LogP) is 4.50. The number of aromatic nitrogens is 1. The molecule has 1 N–H and O–H groups in total. The van der Waals surface area contributed by atoms with Crippen LogP contribution in [-0.4, -0.2) is 12.1 Å². The molecule has 2 aromatic carbocycles. The molecule has 5 heteroatoms. The van der Waals surface area contributed by atoms with Crippen LogP contribution in [0.15, 0.2) is 36.4 Å². The third-order valence-electron chi connectivity index (χ3n) is 2.96. The van der Waals surface area contributed by atoms with Crippen molar-refractivity contribution in [1.29, 1.82) is 0 Å². The lowest BCUT2D eigenvalue weighted by Crippen LogP contribution is -1.93.